The minimum Gasteiger partial charge on any atom is -0.330 e. The molecule has 1 aliphatic carbocycles. The van der Waals surface area contributed by atoms with Crippen molar-refractivity contribution in [2.75, 3.05) is 6.54 Å². The Bertz CT molecular complexity index is 381. The summed E-state index contributed by atoms with van der Waals surface area (Å²) in [6, 6.07) is 8.97. The lowest BCUT2D eigenvalue weighted by Crippen LogP contribution is -2.40. The molecule has 2 N–H and O–H groups in total. The molecule has 1 atom stereocenters. The molecular weight excluding hydrogens is 218 g/mol. The Labute approximate surface area is 112 Å². The zero-order chi connectivity index (χ0) is 13.0. The van der Waals surface area contributed by atoms with Gasteiger partial charge in [0.1, 0.15) is 0 Å². The highest BCUT2D eigenvalue weighted by molar-refractivity contribution is 5.37. The van der Waals surface area contributed by atoms with Crippen molar-refractivity contribution in [3.63, 3.8) is 0 Å². The van der Waals surface area contributed by atoms with Gasteiger partial charge >= 0.3 is 0 Å². The summed E-state index contributed by atoms with van der Waals surface area (Å²) in [6.07, 6.45) is 7.64. The summed E-state index contributed by atoms with van der Waals surface area (Å²) in [4.78, 5) is 0. The molecular formula is C17H27N. The highest BCUT2D eigenvalue weighted by Crippen LogP contribution is 2.42. The molecule has 2 rings (SSSR count). The van der Waals surface area contributed by atoms with E-state index in [1.54, 1.807) is 11.1 Å². The van der Waals surface area contributed by atoms with Crippen LogP contribution in [0, 0.1) is 5.92 Å². The fourth-order valence-corrected chi connectivity index (χ4v) is 3.64. The molecule has 0 fully saturated rings. The number of rotatable bonds is 5. The summed E-state index contributed by atoms with van der Waals surface area (Å²) in [6.45, 7) is 5.43. The van der Waals surface area contributed by atoms with Gasteiger partial charge in [-0.25, -0.2) is 0 Å². The first-order valence-electron chi connectivity index (χ1n) is 7.54. The molecule has 1 aromatic rings. The lowest BCUT2D eigenvalue weighted by atomic mass is 9.65. The molecule has 0 aliphatic heterocycles. The van der Waals surface area contributed by atoms with E-state index in [2.05, 4.69) is 38.1 Å². The minimum absolute atomic E-state index is 0.255. The molecule has 0 aromatic heterocycles. The predicted octanol–water partition coefficient (Wildman–Crippen LogP) is 4.05. The lowest BCUT2D eigenvalue weighted by molar-refractivity contribution is 0.272. The van der Waals surface area contributed by atoms with Crippen LogP contribution in [-0.2, 0) is 11.8 Å². The molecule has 0 amide bonds. The summed E-state index contributed by atoms with van der Waals surface area (Å²) < 4.78 is 0. The normalized spacial score (nSPS) is 23.1. The molecule has 0 saturated carbocycles. The quantitative estimate of drug-likeness (QED) is 0.832. The summed E-state index contributed by atoms with van der Waals surface area (Å²) >= 11 is 0. The highest BCUT2D eigenvalue weighted by Gasteiger charge is 2.36. The van der Waals surface area contributed by atoms with E-state index >= 15 is 0 Å². The van der Waals surface area contributed by atoms with Crippen molar-refractivity contribution in [1.29, 1.82) is 0 Å². The second-order valence-electron chi connectivity index (χ2n) is 5.88. The first kappa shape index (κ1) is 13.6. The Morgan fingerprint density at radius 3 is 2.61 bits per heavy atom. The largest absolute Gasteiger partial charge is 0.330 e. The maximum absolute atomic E-state index is 6.21. The van der Waals surface area contributed by atoms with Gasteiger partial charge in [0, 0.05) is 12.0 Å². The molecule has 0 bridgehead atoms. The molecule has 1 aliphatic rings. The van der Waals surface area contributed by atoms with Crippen LogP contribution in [0.4, 0.5) is 0 Å². The third kappa shape index (κ3) is 2.47. The van der Waals surface area contributed by atoms with Gasteiger partial charge in [0.2, 0.25) is 0 Å². The van der Waals surface area contributed by atoms with Crippen molar-refractivity contribution < 1.29 is 0 Å². The van der Waals surface area contributed by atoms with E-state index in [-0.39, 0.29) is 5.41 Å². The van der Waals surface area contributed by atoms with Crippen molar-refractivity contribution >= 4 is 0 Å². The maximum Gasteiger partial charge on any atom is 0.00810 e. The molecule has 0 saturated heterocycles. The van der Waals surface area contributed by atoms with E-state index in [0.717, 1.165) is 12.5 Å². The molecule has 1 aromatic carbocycles. The topological polar surface area (TPSA) is 26.0 Å². The molecule has 18 heavy (non-hydrogen) atoms. The monoisotopic (exact) mass is 245 g/mol. The van der Waals surface area contributed by atoms with E-state index in [1.807, 2.05) is 0 Å². The van der Waals surface area contributed by atoms with Gasteiger partial charge in [-0.2, -0.15) is 0 Å². The third-order valence-electron chi connectivity index (χ3n) is 4.92. The smallest absolute Gasteiger partial charge is 0.00810 e. The highest BCUT2D eigenvalue weighted by atomic mass is 14.6. The van der Waals surface area contributed by atoms with Crippen LogP contribution in [0.25, 0.3) is 0 Å². The van der Waals surface area contributed by atoms with E-state index in [1.165, 1.54) is 38.5 Å². The van der Waals surface area contributed by atoms with Gasteiger partial charge in [-0.3, -0.25) is 0 Å². The molecule has 1 nitrogen and oxygen atoms in total. The van der Waals surface area contributed by atoms with E-state index < -0.39 is 0 Å². The summed E-state index contributed by atoms with van der Waals surface area (Å²) in [7, 11) is 0. The molecule has 1 unspecified atom stereocenters. The van der Waals surface area contributed by atoms with Crippen LogP contribution in [0.2, 0.25) is 0 Å². The SMILES string of the molecule is CCC(CC)CC1(CN)CCCc2ccccc21. The summed E-state index contributed by atoms with van der Waals surface area (Å²) in [5.74, 6) is 0.819. The number of aryl methyl sites for hydroxylation is 1. The Hall–Kier alpha value is -0.820. The van der Waals surface area contributed by atoms with Crippen LogP contribution >= 0.6 is 0 Å². The van der Waals surface area contributed by atoms with Crippen molar-refractivity contribution in [2.24, 2.45) is 11.7 Å². The molecule has 0 heterocycles. The van der Waals surface area contributed by atoms with Crippen LogP contribution in [0.5, 0.6) is 0 Å². The van der Waals surface area contributed by atoms with Crippen LogP contribution in [-0.4, -0.2) is 6.54 Å². The van der Waals surface area contributed by atoms with Crippen LogP contribution < -0.4 is 5.73 Å². The standard InChI is InChI=1S/C17H27N/c1-3-14(4-2)12-17(13-18)11-7-9-15-8-5-6-10-16(15)17/h5-6,8,10,14H,3-4,7,9,11-13,18H2,1-2H3. The van der Waals surface area contributed by atoms with E-state index in [0.29, 0.717) is 0 Å². The van der Waals surface area contributed by atoms with Gasteiger partial charge in [-0.05, 0) is 42.7 Å². The number of hydrogen-bond acceptors (Lipinski definition) is 1. The Morgan fingerprint density at radius 2 is 1.94 bits per heavy atom. The molecule has 100 valence electrons. The zero-order valence-corrected chi connectivity index (χ0v) is 11.9. The summed E-state index contributed by atoms with van der Waals surface area (Å²) in [5, 5.41) is 0. The van der Waals surface area contributed by atoms with E-state index in [9.17, 15) is 0 Å². The van der Waals surface area contributed by atoms with Gasteiger partial charge in [0.15, 0.2) is 0 Å². The average molecular weight is 245 g/mol. The molecule has 1 heteroatoms. The van der Waals surface area contributed by atoms with Crippen LogP contribution in [0.1, 0.15) is 57.1 Å². The Morgan fingerprint density at radius 1 is 1.22 bits per heavy atom. The molecule has 0 radical (unpaired) electrons. The third-order valence-corrected chi connectivity index (χ3v) is 4.92. The van der Waals surface area contributed by atoms with Crippen LogP contribution in [0.15, 0.2) is 24.3 Å². The first-order chi connectivity index (χ1) is 8.75. The summed E-state index contributed by atoms with van der Waals surface area (Å²) in [5.41, 5.74) is 9.55. The lowest BCUT2D eigenvalue weighted by Gasteiger charge is -2.40. The van der Waals surface area contributed by atoms with Gasteiger partial charge < -0.3 is 5.73 Å². The van der Waals surface area contributed by atoms with Gasteiger partial charge in [-0.15, -0.1) is 0 Å². The zero-order valence-electron chi connectivity index (χ0n) is 11.9. The minimum atomic E-state index is 0.255. The second kappa shape index (κ2) is 5.88. The van der Waals surface area contributed by atoms with Crippen molar-refractivity contribution in [3.05, 3.63) is 35.4 Å². The average Bonchev–Trinajstić information content (AvgIpc) is 2.45. The molecule has 0 spiro atoms. The fraction of sp³-hybridized carbons (Fsp3) is 0.647. The van der Waals surface area contributed by atoms with Crippen molar-refractivity contribution in [3.8, 4) is 0 Å². The Balaban J connectivity index is 2.33. The van der Waals surface area contributed by atoms with Crippen molar-refractivity contribution in [1.82, 2.24) is 0 Å². The number of benzene rings is 1. The van der Waals surface area contributed by atoms with Gasteiger partial charge in [0.05, 0.1) is 0 Å². The second-order valence-corrected chi connectivity index (χ2v) is 5.88. The van der Waals surface area contributed by atoms with E-state index in [4.69, 9.17) is 5.73 Å². The van der Waals surface area contributed by atoms with Crippen molar-refractivity contribution in [2.45, 2.75) is 57.8 Å². The first-order valence-corrected chi connectivity index (χ1v) is 7.54. The number of fused-ring (bicyclic) bond motifs is 1. The number of nitrogens with two attached hydrogens (primary N) is 1. The van der Waals surface area contributed by atoms with Gasteiger partial charge in [0.25, 0.3) is 0 Å². The fourth-order valence-electron chi connectivity index (χ4n) is 3.64. The maximum atomic E-state index is 6.21. The number of hydrogen-bond donors (Lipinski definition) is 1. The van der Waals surface area contributed by atoms with Gasteiger partial charge in [-0.1, -0.05) is 51.0 Å². The predicted molar refractivity (Wildman–Crippen MR) is 78.8 cm³/mol. The van der Waals surface area contributed by atoms with Crippen LogP contribution in [0.3, 0.4) is 0 Å². The Kier molecular flexibility index (Phi) is 4.45.